The number of hydrogen-bond donors (Lipinski definition) is 2. The monoisotopic (exact) mass is 407 g/mol. The van der Waals surface area contributed by atoms with Crippen molar-refractivity contribution in [3.63, 3.8) is 0 Å². The number of carbonyl (C=O) groups is 2. The zero-order valence-electron chi connectivity index (χ0n) is 16.6. The number of rotatable bonds is 4. The van der Waals surface area contributed by atoms with Gasteiger partial charge in [0.1, 0.15) is 11.5 Å². The van der Waals surface area contributed by atoms with E-state index in [9.17, 15) is 14.0 Å². The Hall–Kier alpha value is -3.68. The van der Waals surface area contributed by atoms with Crippen LogP contribution >= 0.6 is 0 Å². The van der Waals surface area contributed by atoms with Crippen molar-refractivity contribution in [1.29, 1.82) is 0 Å². The van der Waals surface area contributed by atoms with Crippen molar-refractivity contribution in [2.45, 2.75) is 19.8 Å². The van der Waals surface area contributed by atoms with Crippen LogP contribution in [0.4, 0.5) is 10.1 Å². The number of fused-ring (bicyclic) bond motifs is 1. The van der Waals surface area contributed by atoms with Gasteiger partial charge >= 0.3 is 0 Å². The molecule has 1 aliphatic rings. The molecule has 2 heterocycles. The van der Waals surface area contributed by atoms with Crippen LogP contribution in [0.25, 0.3) is 5.69 Å². The molecule has 0 radical (unpaired) electrons. The Bertz CT molecular complexity index is 1090. The van der Waals surface area contributed by atoms with E-state index in [1.807, 2.05) is 23.1 Å². The standard InChI is InChI=1S/C22H22FN5O2/c1-15-17(13-24-28(15)20-11-5-3-9-18(20)23)22(30)26-25-21(29)14-27-12-6-8-16-7-2-4-10-19(16)27/h2-5,7,9-11,13H,6,8,12,14H2,1H3,(H,25,29)(H,26,30). The smallest absolute Gasteiger partial charge is 0.273 e. The van der Waals surface area contributed by atoms with Gasteiger partial charge in [0, 0.05) is 12.2 Å². The van der Waals surface area contributed by atoms with Crippen LogP contribution in [0.5, 0.6) is 0 Å². The van der Waals surface area contributed by atoms with Crippen molar-refractivity contribution in [2.75, 3.05) is 18.0 Å². The number of para-hydroxylation sites is 2. The summed E-state index contributed by atoms with van der Waals surface area (Å²) < 4.78 is 15.4. The van der Waals surface area contributed by atoms with Gasteiger partial charge in [0.25, 0.3) is 11.8 Å². The minimum Gasteiger partial charge on any atom is -0.362 e. The number of nitrogens with zero attached hydrogens (tertiary/aromatic N) is 3. The van der Waals surface area contributed by atoms with Crippen LogP contribution in [0.2, 0.25) is 0 Å². The minimum absolute atomic E-state index is 0.144. The molecular formula is C22H22FN5O2. The van der Waals surface area contributed by atoms with Gasteiger partial charge in [-0.15, -0.1) is 0 Å². The number of amides is 2. The summed E-state index contributed by atoms with van der Waals surface area (Å²) in [6.45, 7) is 2.60. The molecule has 0 unspecified atom stereocenters. The molecule has 0 saturated carbocycles. The van der Waals surface area contributed by atoms with Crippen molar-refractivity contribution in [3.05, 3.63) is 77.4 Å². The van der Waals surface area contributed by atoms with Gasteiger partial charge in [0.05, 0.1) is 24.0 Å². The van der Waals surface area contributed by atoms with Crippen LogP contribution in [0.3, 0.4) is 0 Å². The van der Waals surface area contributed by atoms with Crippen molar-refractivity contribution in [3.8, 4) is 5.69 Å². The molecule has 0 aliphatic carbocycles. The van der Waals surface area contributed by atoms with Gasteiger partial charge in [0.15, 0.2) is 0 Å². The number of hydrogen-bond acceptors (Lipinski definition) is 4. The SMILES string of the molecule is Cc1c(C(=O)NNC(=O)CN2CCCc3ccccc32)cnn1-c1ccccc1F. The van der Waals surface area contributed by atoms with Gasteiger partial charge in [-0.2, -0.15) is 5.10 Å². The quantitative estimate of drug-likeness (QED) is 0.652. The number of aryl methyl sites for hydroxylation is 1. The minimum atomic E-state index is -0.512. The van der Waals surface area contributed by atoms with E-state index in [0.29, 0.717) is 5.69 Å². The number of halogens is 1. The number of hydrazine groups is 1. The van der Waals surface area contributed by atoms with Gasteiger partial charge in [-0.05, 0) is 43.5 Å². The first-order valence-electron chi connectivity index (χ1n) is 9.76. The number of anilines is 1. The van der Waals surface area contributed by atoms with E-state index in [2.05, 4.69) is 22.0 Å². The number of aromatic nitrogens is 2. The van der Waals surface area contributed by atoms with Crippen LogP contribution in [0.1, 0.15) is 28.0 Å². The van der Waals surface area contributed by atoms with E-state index in [0.717, 1.165) is 25.1 Å². The highest BCUT2D eigenvalue weighted by Gasteiger charge is 2.20. The molecule has 1 aliphatic heterocycles. The highest BCUT2D eigenvalue weighted by atomic mass is 19.1. The third-order valence-corrected chi connectivity index (χ3v) is 5.19. The summed E-state index contributed by atoms with van der Waals surface area (Å²) in [4.78, 5) is 26.9. The predicted octanol–water partition coefficient (Wildman–Crippen LogP) is 2.53. The summed E-state index contributed by atoms with van der Waals surface area (Å²) >= 11 is 0. The third kappa shape index (κ3) is 3.89. The fourth-order valence-corrected chi connectivity index (χ4v) is 3.68. The van der Waals surface area contributed by atoms with Gasteiger partial charge in [-0.25, -0.2) is 9.07 Å². The van der Waals surface area contributed by atoms with E-state index in [1.165, 1.54) is 22.5 Å². The van der Waals surface area contributed by atoms with Gasteiger partial charge in [0.2, 0.25) is 0 Å². The van der Waals surface area contributed by atoms with Crippen LogP contribution in [0, 0.1) is 12.7 Å². The zero-order chi connectivity index (χ0) is 21.1. The Balaban J connectivity index is 1.39. The average molecular weight is 407 g/mol. The largest absolute Gasteiger partial charge is 0.362 e. The molecule has 2 amide bonds. The maximum absolute atomic E-state index is 14.0. The Labute approximate surface area is 173 Å². The second kappa shape index (κ2) is 8.36. The molecule has 2 N–H and O–H groups in total. The normalized spacial score (nSPS) is 12.9. The zero-order valence-corrected chi connectivity index (χ0v) is 16.6. The molecule has 7 nitrogen and oxygen atoms in total. The first-order chi connectivity index (χ1) is 14.5. The van der Waals surface area contributed by atoms with Crippen LogP contribution in [-0.4, -0.2) is 34.7 Å². The molecule has 30 heavy (non-hydrogen) atoms. The lowest BCUT2D eigenvalue weighted by atomic mass is 10.0. The molecule has 154 valence electrons. The molecule has 4 rings (SSSR count). The maximum Gasteiger partial charge on any atom is 0.273 e. The number of benzene rings is 2. The summed E-state index contributed by atoms with van der Waals surface area (Å²) in [5, 5.41) is 4.11. The van der Waals surface area contributed by atoms with Crippen molar-refractivity contribution in [1.82, 2.24) is 20.6 Å². The summed E-state index contributed by atoms with van der Waals surface area (Å²) in [7, 11) is 0. The van der Waals surface area contributed by atoms with E-state index in [-0.39, 0.29) is 23.7 Å². The summed E-state index contributed by atoms with van der Waals surface area (Å²) in [5.41, 5.74) is 8.12. The van der Waals surface area contributed by atoms with E-state index < -0.39 is 11.7 Å². The first kappa shape index (κ1) is 19.6. The highest BCUT2D eigenvalue weighted by molar-refractivity contribution is 5.96. The second-order valence-electron chi connectivity index (χ2n) is 7.16. The maximum atomic E-state index is 14.0. The Kier molecular flexibility index (Phi) is 5.47. The van der Waals surface area contributed by atoms with Gasteiger partial charge in [-0.1, -0.05) is 30.3 Å². The molecule has 1 aromatic heterocycles. The highest BCUT2D eigenvalue weighted by Crippen LogP contribution is 2.26. The van der Waals surface area contributed by atoms with Crippen molar-refractivity contribution < 1.29 is 14.0 Å². The average Bonchev–Trinajstić information content (AvgIpc) is 3.14. The molecule has 0 saturated heterocycles. The molecule has 0 bridgehead atoms. The van der Waals surface area contributed by atoms with Gasteiger partial charge in [-0.3, -0.25) is 20.4 Å². The summed E-state index contributed by atoms with van der Waals surface area (Å²) in [6.07, 6.45) is 3.32. The Morgan fingerprint density at radius 2 is 1.80 bits per heavy atom. The molecule has 0 spiro atoms. The molecule has 3 aromatic rings. The lowest BCUT2D eigenvalue weighted by Gasteiger charge is -2.30. The predicted molar refractivity (Wildman–Crippen MR) is 111 cm³/mol. The van der Waals surface area contributed by atoms with E-state index in [1.54, 1.807) is 25.1 Å². The van der Waals surface area contributed by atoms with Crippen molar-refractivity contribution in [2.24, 2.45) is 0 Å². The number of nitrogens with one attached hydrogen (secondary N) is 2. The summed E-state index contributed by atoms with van der Waals surface area (Å²) in [6, 6.07) is 14.2. The molecule has 0 fully saturated rings. The van der Waals surface area contributed by atoms with E-state index in [4.69, 9.17) is 0 Å². The Morgan fingerprint density at radius 1 is 1.07 bits per heavy atom. The van der Waals surface area contributed by atoms with Crippen LogP contribution in [0.15, 0.2) is 54.7 Å². The lowest BCUT2D eigenvalue weighted by molar-refractivity contribution is -0.120. The Morgan fingerprint density at radius 3 is 2.60 bits per heavy atom. The second-order valence-corrected chi connectivity index (χ2v) is 7.16. The summed E-state index contributed by atoms with van der Waals surface area (Å²) in [5.74, 6) is -1.27. The van der Waals surface area contributed by atoms with Crippen LogP contribution < -0.4 is 15.8 Å². The molecule has 8 heteroatoms. The molecular weight excluding hydrogens is 385 g/mol. The van der Waals surface area contributed by atoms with E-state index >= 15 is 0 Å². The van der Waals surface area contributed by atoms with Crippen molar-refractivity contribution >= 4 is 17.5 Å². The fourth-order valence-electron chi connectivity index (χ4n) is 3.68. The lowest BCUT2D eigenvalue weighted by Crippen LogP contribution is -2.47. The molecule has 0 atom stereocenters. The first-order valence-corrected chi connectivity index (χ1v) is 9.76. The van der Waals surface area contributed by atoms with Gasteiger partial charge < -0.3 is 4.90 Å². The molecule has 2 aromatic carbocycles. The topological polar surface area (TPSA) is 79.3 Å². The van der Waals surface area contributed by atoms with Crippen LogP contribution in [-0.2, 0) is 11.2 Å². The fraction of sp³-hybridized carbons (Fsp3) is 0.227. The number of carbonyl (C=O) groups excluding carboxylic acids is 2. The third-order valence-electron chi connectivity index (χ3n) is 5.19.